The maximum Gasteiger partial charge on any atom is 0.264 e. The standard InChI is InChI=1S/C13H8ClN3OS2/c14-9-4-2-1-3-8(9)7-10-11(18)16-13(20-10)17-12-15-5-6-19-12/h1-7H,(H,15,16,17,18)/b10-7-. The van der Waals surface area contributed by atoms with Crippen molar-refractivity contribution in [2.24, 2.45) is 4.99 Å². The molecule has 100 valence electrons. The van der Waals surface area contributed by atoms with E-state index in [1.807, 2.05) is 23.6 Å². The van der Waals surface area contributed by atoms with Crippen molar-refractivity contribution >= 4 is 57.0 Å². The molecule has 1 fully saturated rings. The van der Waals surface area contributed by atoms with E-state index < -0.39 is 0 Å². The fraction of sp³-hybridized carbons (Fsp3) is 0. The molecule has 0 saturated carbocycles. The van der Waals surface area contributed by atoms with Gasteiger partial charge in [-0.2, -0.15) is 4.99 Å². The molecule has 1 aromatic carbocycles. The number of carbonyl (C=O) groups excluding carboxylic acids is 1. The molecular formula is C13H8ClN3OS2. The van der Waals surface area contributed by atoms with Crippen molar-refractivity contribution in [1.82, 2.24) is 10.3 Å². The lowest BCUT2D eigenvalue weighted by atomic mass is 10.2. The molecule has 1 N–H and O–H groups in total. The van der Waals surface area contributed by atoms with E-state index in [0.717, 1.165) is 5.56 Å². The van der Waals surface area contributed by atoms with E-state index in [2.05, 4.69) is 15.3 Å². The van der Waals surface area contributed by atoms with E-state index in [1.54, 1.807) is 18.3 Å². The van der Waals surface area contributed by atoms with E-state index in [-0.39, 0.29) is 5.91 Å². The van der Waals surface area contributed by atoms with Crippen LogP contribution in [0.15, 0.2) is 45.7 Å². The van der Waals surface area contributed by atoms with E-state index in [9.17, 15) is 4.79 Å². The summed E-state index contributed by atoms with van der Waals surface area (Å²) in [5.74, 6) is -0.176. The second-order valence-corrected chi connectivity index (χ2v) is 6.13. The number of carbonyl (C=O) groups is 1. The zero-order valence-corrected chi connectivity index (χ0v) is 12.4. The van der Waals surface area contributed by atoms with Crippen LogP contribution in [0.4, 0.5) is 5.13 Å². The molecule has 1 aliphatic rings. The predicted molar refractivity (Wildman–Crippen MR) is 84.4 cm³/mol. The zero-order chi connectivity index (χ0) is 13.9. The normalized spacial score (nSPS) is 18.8. The fourth-order valence-electron chi connectivity index (χ4n) is 1.57. The van der Waals surface area contributed by atoms with Gasteiger partial charge in [-0.15, -0.1) is 11.3 Å². The average Bonchev–Trinajstić information content (AvgIpc) is 3.04. The molecule has 7 heteroatoms. The Morgan fingerprint density at radius 1 is 1.35 bits per heavy atom. The second kappa shape index (κ2) is 5.78. The molecule has 1 amide bonds. The summed E-state index contributed by atoms with van der Waals surface area (Å²) in [5, 5.41) is 6.30. The highest BCUT2D eigenvalue weighted by atomic mass is 35.5. The molecule has 0 bridgehead atoms. The Morgan fingerprint density at radius 3 is 2.95 bits per heavy atom. The SMILES string of the molecule is O=C1NC(=Nc2nccs2)S/C1=C\c1ccccc1Cl. The summed E-state index contributed by atoms with van der Waals surface area (Å²) in [5.41, 5.74) is 0.808. The van der Waals surface area contributed by atoms with Gasteiger partial charge >= 0.3 is 0 Å². The van der Waals surface area contributed by atoms with Gasteiger partial charge in [0, 0.05) is 16.6 Å². The third-order valence-corrected chi connectivity index (χ3v) is 4.38. The summed E-state index contributed by atoms with van der Waals surface area (Å²) >= 11 is 8.77. The number of benzene rings is 1. The molecule has 20 heavy (non-hydrogen) atoms. The minimum atomic E-state index is -0.176. The Morgan fingerprint density at radius 2 is 2.20 bits per heavy atom. The van der Waals surface area contributed by atoms with Crippen molar-refractivity contribution in [2.75, 3.05) is 0 Å². The van der Waals surface area contributed by atoms with Crippen LogP contribution in [-0.4, -0.2) is 16.1 Å². The topological polar surface area (TPSA) is 54.4 Å². The Hall–Kier alpha value is -1.63. The predicted octanol–water partition coefficient (Wildman–Crippen LogP) is 3.69. The number of nitrogens with zero attached hydrogens (tertiary/aromatic N) is 2. The lowest BCUT2D eigenvalue weighted by Gasteiger charge is -1.97. The Labute approximate surface area is 128 Å². The number of nitrogens with one attached hydrogen (secondary N) is 1. The van der Waals surface area contributed by atoms with E-state index in [0.29, 0.717) is 20.2 Å². The largest absolute Gasteiger partial charge is 0.300 e. The Balaban J connectivity index is 1.86. The molecule has 2 aromatic rings. The molecule has 3 rings (SSSR count). The first-order valence-corrected chi connectivity index (χ1v) is 7.73. The van der Waals surface area contributed by atoms with Crippen molar-refractivity contribution in [1.29, 1.82) is 0 Å². The van der Waals surface area contributed by atoms with Gasteiger partial charge in [0.15, 0.2) is 5.17 Å². The smallest absolute Gasteiger partial charge is 0.264 e. The first kappa shape index (κ1) is 13.4. The molecule has 0 radical (unpaired) electrons. The number of aromatic nitrogens is 1. The highest BCUT2D eigenvalue weighted by molar-refractivity contribution is 8.18. The number of thioether (sulfide) groups is 1. The number of rotatable bonds is 2. The molecule has 1 aliphatic heterocycles. The third kappa shape index (κ3) is 2.92. The number of thiazole rings is 1. The second-order valence-electron chi connectivity index (χ2n) is 3.82. The fourth-order valence-corrected chi connectivity index (χ4v) is 3.14. The van der Waals surface area contributed by atoms with Gasteiger partial charge in [-0.1, -0.05) is 29.8 Å². The van der Waals surface area contributed by atoms with Crippen LogP contribution in [0.3, 0.4) is 0 Å². The highest BCUT2D eigenvalue weighted by Crippen LogP contribution is 2.30. The van der Waals surface area contributed by atoms with Crippen LogP contribution in [-0.2, 0) is 4.79 Å². The molecule has 0 spiro atoms. The van der Waals surface area contributed by atoms with Crippen LogP contribution in [0.2, 0.25) is 5.02 Å². The summed E-state index contributed by atoms with van der Waals surface area (Å²) in [6.07, 6.45) is 3.43. The summed E-state index contributed by atoms with van der Waals surface area (Å²) in [4.78, 5) is 20.8. The van der Waals surface area contributed by atoms with Gasteiger partial charge in [-0.25, -0.2) is 4.98 Å². The Bertz CT molecular complexity index is 710. The molecular weight excluding hydrogens is 314 g/mol. The van der Waals surface area contributed by atoms with Crippen molar-refractivity contribution in [3.8, 4) is 0 Å². The zero-order valence-electron chi connectivity index (χ0n) is 10.0. The average molecular weight is 322 g/mol. The number of hydrogen-bond acceptors (Lipinski definition) is 5. The van der Waals surface area contributed by atoms with Crippen molar-refractivity contribution < 1.29 is 4.79 Å². The van der Waals surface area contributed by atoms with Crippen LogP contribution >= 0.6 is 34.7 Å². The van der Waals surface area contributed by atoms with E-state index >= 15 is 0 Å². The number of amides is 1. The van der Waals surface area contributed by atoms with Gasteiger partial charge in [0.2, 0.25) is 5.13 Å². The molecule has 4 nitrogen and oxygen atoms in total. The summed E-state index contributed by atoms with van der Waals surface area (Å²) in [6, 6.07) is 7.37. The molecule has 0 atom stereocenters. The number of aliphatic imine (C=N–C) groups is 1. The number of halogens is 1. The van der Waals surface area contributed by atoms with Crippen LogP contribution in [0, 0.1) is 0 Å². The number of amidine groups is 1. The van der Waals surface area contributed by atoms with Gasteiger partial charge in [0.05, 0.1) is 4.91 Å². The maximum absolute atomic E-state index is 11.9. The molecule has 1 aromatic heterocycles. The highest BCUT2D eigenvalue weighted by Gasteiger charge is 2.24. The first-order valence-electron chi connectivity index (χ1n) is 5.66. The van der Waals surface area contributed by atoms with Crippen molar-refractivity contribution in [2.45, 2.75) is 0 Å². The van der Waals surface area contributed by atoms with Crippen molar-refractivity contribution in [3.63, 3.8) is 0 Å². The Kier molecular flexibility index (Phi) is 3.86. The van der Waals surface area contributed by atoms with E-state index in [4.69, 9.17) is 11.6 Å². The minimum Gasteiger partial charge on any atom is -0.300 e. The third-order valence-electron chi connectivity index (χ3n) is 2.46. The van der Waals surface area contributed by atoms with Gasteiger partial charge in [0.1, 0.15) is 0 Å². The lowest BCUT2D eigenvalue weighted by Crippen LogP contribution is -2.19. The van der Waals surface area contributed by atoms with E-state index in [1.165, 1.54) is 23.1 Å². The molecule has 0 unspecified atom stereocenters. The van der Waals surface area contributed by atoms with Crippen LogP contribution in [0.25, 0.3) is 6.08 Å². The summed E-state index contributed by atoms with van der Waals surface area (Å²) < 4.78 is 0. The van der Waals surface area contributed by atoms with Gasteiger partial charge in [-0.3, -0.25) is 4.79 Å². The van der Waals surface area contributed by atoms with Gasteiger partial charge in [0.25, 0.3) is 5.91 Å². The van der Waals surface area contributed by atoms with Crippen LogP contribution in [0.1, 0.15) is 5.56 Å². The van der Waals surface area contributed by atoms with Gasteiger partial charge in [-0.05, 0) is 29.5 Å². The first-order chi connectivity index (χ1) is 9.72. The van der Waals surface area contributed by atoms with Gasteiger partial charge < -0.3 is 5.32 Å². The lowest BCUT2D eigenvalue weighted by molar-refractivity contribution is -0.115. The molecule has 0 aliphatic carbocycles. The quantitative estimate of drug-likeness (QED) is 0.858. The van der Waals surface area contributed by atoms with Crippen LogP contribution < -0.4 is 5.32 Å². The summed E-state index contributed by atoms with van der Waals surface area (Å²) in [6.45, 7) is 0. The maximum atomic E-state index is 11.9. The molecule has 1 saturated heterocycles. The number of hydrogen-bond donors (Lipinski definition) is 1. The minimum absolute atomic E-state index is 0.176. The van der Waals surface area contributed by atoms with Crippen molar-refractivity contribution in [3.05, 3.63) is 51.3 Å². The monoisotopic (exact) mass is 321 g/mol. The van der Waals surface area contributed by atoms with Crippen LogP contribution in [0.5, 0.6) is 0 Å². The molecule has 2 heterocycles. The summed E-state index contributed by atoms with van der Waals surface area (Å²) in [7, 11) is 0.